The Hall–Kier alpha value is -2.49. The van der Waals surface area contributed by atoms with Crippen molar-refractivity contribution in [1.29, 1.82) is 0 Å². The van der Waals surface area contributed by atoms with Gasteiger partial charge in [-0.25, -0.2) is 0 Å². The van der Waals surface area contributed by atoms with Gasteiger partial charge in [0, 0.05) is 23.2 Å². The lowest BCUT2D eigenvalue weighted by Gasteiger charge is -2.09. The molecule has 0 saturated carbocycles. The molecule has 1 heterocycles. The van der Waals surface area contributed by atoms with E-state index < -0.39 is 0 Å². The molecule has 19 heavy (non-hydrogen) atoms. The second-order valence-electron chi connectivity index (χ2n) is 4.61. The summed E-state index contributed by atoms with van der Waals surface area (Å²) < 4.78 is 0. The van der Waals surface area contributed by atoms with E-state index in [1.54, 1.807) is 6.20 Å². The molecule has 0 spiro atoms. The predicted molar refractivity (Wildman–Crippen MR) is 76.3 cm³/mol. The molecule has 0 atom stereocenters. The van der Waals surface area contributed by atoms with Gasteiger partial charge < -0.3 is 10.4 Å². The number of anilines is 1. The number of nitrogens with zero attached hydrogens (tertiary/aromatic N) is 1. The maximum atomic E-state index is 9.96. The zero-order chi connectivity index (χ0) is 13.2. The van der Waals surface area contributed by atoms with Crippen LogP contribution in [0.25, 0.3) is 10.9 Å². The first kappa shape index (κ1) is 11.6. The Morgan fingerprint density at radius 1 is 1.26 bits per heavy atom. The maximum absolute atomic E-state index is 9.96. The highest BCUT2D eigenvalue weighted by Gasteiger charge is 2.04. The van der Waals surface area contributed by atoms with Crippen LogP contribution in [-0.2, 0) is 6.54 Å². The molecule has 0 aliphatic heterocycles. The number of hydrogen-bond acceptors (Lipinski definition) is 3. The summed E-state index contributed by atoms with van der Waals surface area (Å²) in [5.41, 5.74) is 3.82. The summed E-state index contributed by atoms with van der Waals surface area (Å²) in [7, 11) is 0. The molecule has 2 aromatic carbocycles. The van der Waals surface area contributed by atoms with Crippen LogP contribution in [0.4, 0.5) is 5.69 Å². The van der Waals surface area contributed by atoms with Crippen LogP contribution in [-0.4, -0.2) is 15.3 Å². The van der Waals surface area contributed by atoms with Gasteiger partial charge in [0.1, 0.15) is 5.75 Å². The summed E-state index contributed by atoms with van der Waals surface area (Å²) in [5, 5.41) is 21.2. The molecule has 96 valence electrons. The van der Waals surface area contributed by atoms with E-state index in [9.17, 15) is 5.11 Å². The van der Waals surface area contributed by atoms with E-state index in [0.29, 0.717) is 12.3 Å². The average molecular weight is 253 g/mol. The Morgan fingerprint density at radius 2 is 2.16 bits per heavy atom. The van der Waals surface area contributed by atoms with Gasteiger partial charge in [-0.2, -0.15) is 5.10 Å². The lowest BCUT2D eigenvalue weighted by atomic mass is 10.1. The van der Waals surface area contributed by atoms with Gasteiger partial charge in [0.05, 0.1) is 11.7 Å². The highest BCUT2D eigenvalue weighted by atomic mass is 16.3. The molecule has 0 fully saturated rings. The number of rotatable bonds is 3. The lowest BCUT2D eigenvalue weighted by molar-refractivity contribution is 0.465. The van der Waals surface area contributed by atoms with Gasteiger partial charge in [0.2, 0.25) is 0 Å². The fourth-order valence-corrected chi connectivity index (χ4v) is 2.11. The van der Waals surface area contributed by atoms with Crippen LogP contribution in [0.2, 0.25) is 0 Å². The molecule has 0 aliphatic rings. The summed E-state index contributed by atoms with van der Waals surface area (Å²) in [5.74, 6) is 0.361. The van der Waals surface area contributed by atoms with Crippen LogP contribution < -0.4 is 5.32 Å². The van der Waals surface area contributed by atoms with Gasteiger partial charge in [-0.15, -0.1) is 0 Å². The third-order valence-corrected chi connectivity index (χ3v) is 3.24. The number of H-pyrrole nitrogens is 1. The second kappa shape index (κ2) is 4.65. The number of nitrogens with one attached hydrogen (secondary N) is 2. The summed E-state index contributed by atoms with van der Waals surface area (Å²) in [4.78, 5) is 0. The Morgan fingerprint density at radius 3 is 3.05 bits per heavy atom. The Labute approximate surface area is 111 Å². The average Bonchev–Trinajstić information content (AvgIpc) is 2.88. The van der Waals surface area contributed by atoms with E-state index in [1.165, 1.54) is 0 Å². The lowest BCUT2D eigenvalue weighted by Crippen LogP contribution is -2.00. The van der Waals surface area contributed by atoms with E-state index in [4.69, 9.17) is 0 Å². The van der Waals surface area contributed by atoms with Crippen molar-refractivity contribution in [3.63, 3.8) is 0 Å². The normalized spacial score (nSPS) is 10.8. The number of fused-ring (bicyclic) bond motifs is 1. The van der Waals surface area contributed by atoms with Gasteiger partial charge in [-0.05, 0) is 30.7 Å². The van der Waals surface area contributed by atoms with E-state index >= 15 is 0 Å². The number of aromatic hydroxyl groups is 1. The van der Waals surface area contributed by atoms with E-state index in [0.717, 1.165) is 27.7 Å². The number of aromatic amines is 1. The van der Waals surface area contributed by atoms with Gasteiger partial charge in [-0.1, -0.05) is 18.2 Å². The third-order valence-electron chi connectivity index (χ3n) is 3.24. The summed E-state index contributed by atoms with van der Waals surface area (Å²) in [6, 6.07) is 11.8. The summed E-state index contributed by atoms with van der Waals surface area (Å²) in [6.45, 7) is 2.49. The van der Waals surface area contributed by atoms with Crippen molar-refractivity contribution in [3.8, 4) is 5.75 Å². The third kappa shape index (κ3) is 2.25. The molecule has 3 aromatic rings. The number of phenolic OH excluding ortho intramolecular Hbond substituents is 1. The smallest absolute Gasteiger partial charge is 0.123 e. The van der Waals surface area contributed by atoms with Crippen molar-refractivity contribution < 1.29 is 5.11 Å². The van der Waals surface area contributed by atoms with Crippen molar-refractivity contribution in [3.05, 3.63) is 53.7 Å². The fourth-order valence-electron chi connectivity index (χ4n) is 2.11. The summed E-state index contributed by atoms with van der Waals surface area (Å²) in [6.07, 6.45) is 1.80. The molecule has 0 bridgehead atoms. The fraction of sp³-hybridized carbons (Fsp3) is 0.133. The molecule has 0 saturated heterocycles. The van der Waals surface area contributed by atoms with Gasteiger partial charge in [0.15, 0.2) is 0 Å². The van der Waals surface area contributed by atoms with Gasteiger partial charge in [0.25, 0.3) is 0 Å². The van der Waals surface area contributed by atoms with Crippen LogP contribution in [0, 0.1) is 6.92 Å². The van der Waals surface area contributed by atoms with Crippen molar-refractivity contribution in [1.82, 2.24) is 10.2 Å². The van der Waals surface area contributed by atoms with E-state index in [-0.39, 0.29) is 0 Å². The van der Waals surface area contributed by atoms with Crippen LogP contribution in [0.1, 0.15) is 11.1 Å². The number of benzene rings is 2. The molecular formula is C15H15N3O. The molecule has 3 N–H and O–H groups in total. The summed E-state index contributed by atoms with van der Waals surface area (Å²) >= 11 is 0. The van der Waals surface area contributed by atoms with Crippen LogP contribution in [0.15, 0.2) is 42.6 Å². The monoisotopic (exact) mass is 253 g/mol. The molecule has 1 aromatic heterocycles. The Kier molecular flexibility index (Phi) is 2.83. The topological polar surface area (TPSA) is 60.9 Å². The first-order valence-electron chi connectivity index (χ1n) is 6.18. The highest BCUT2D eigenvalue weighted by Crippen LogP contribution is 2.23. The number of para-hydroxylation sites is 1. The number of hydrogen-bond donors (Lipinski definition) is 3. The van der Waals surface area contributed by atoms with Crippen LogP contribution in [0.5, 0.6) is 5.75 Å². The van der Waals surface area contributed by atoms with Crippen molar-refractivity contribution in [2.45, 2.75) is 13.5 Å². The number of phenols is 1. The molecule has 4 nitrogen and oxygen atoms in total. The molecule has 0 aliphatic carbocycles. The molecule has 3 rings (SSSR count). The molecule has 0 unspecified atom stereocenters. The zero-order valence-electron chi connectivity index (χ0n) is 10.6. The largest absolute Gasteiger partial charge is 0.507 e. The quantitative estimate of drug-likeness (QED) is 0.671. The first-order valence-corrected chi connectivity index (χ1v) is 6.18. The first-order chi connectivity index (χ1) is 9.24. The Balaban J connectivity index is 1.80. The Bertz CT molecular complexity index is 718. The van der Waals surface area contributed by atoms with E-state index in [1.807, 2.05) is 43.3 Å². The van der Waals surface area contributed by atoms with Crippen LogP contribution >= 0.6 is 0 Å². The molecule has 0 radical (unpaired) electrons. The predicted octanol–water partition coefficient (Wildman–Crippen LogP) is 3.19. The standard InChI is InChI=1S/C15H15N3O/c1-10-3-2-4-11(15(10)19)8-16-13-5-6-14-12(7-13)9-17-18-14/h2-7,9,16,19H,8H2,1H3,(H,17,18). The minimum absolute atomic E-state index is 0.361. The highest BCUT2D eigenvalue weighted by molar-refractivity contribution is 5.81. The SMILES string of the molecule is Cc1cccc(CNc2ccc3[nH]ncc3c2)c1O. The van der Waals surface area contributed by atoms with E-state index in [2.05, 4.69) is 15.5 Å². The number of aromatic nitrogens is 2. The minimum atomic E-state index is 0.361. The van der Waals surface area contributed by atoms with Crippen molar-refractivity contribution in [2.75, 3.05) is 5.32 Å². The maximum Gasteiger partial charge on any atom is 0.123 e. The number of aryl methyl sites for hydroxylation is 1. The molecular weight excluding hydrogens is 238 g/mol. The second-order valence-corrected chi connectivity index (χ2v) is 4.61. The van der Waals surface area contributed by atoms with Crippen molar-refractivity contribution in [2.24, 2.45) is 0 Å². The van der Waals surface area contributed by atoms with Gasteiger partial charge in [-0.3, -0.25) is 5.10 Å². The van der Waals surface area contributed by atoms with Gasteiger partial charge >= 0.3 is 0 Å². The van der Waals surface area contributed by atoms with Crippen LogP contribution in [0.3, 0.4) is 0 Å². The zero-order valence-corrected chi connectivity index (χ0v) is 10.6. The van der Waals surface area contributed by atoms with Crippen molar-refractivity contribution >= 4 is 16.6 Å². The minimum Gasteiger partial charge on any atom is -0.507 e. The molecule has 4 heteroatoms. The molecule has 0 amide bonds.